The average molecular weight is 289 g/mol. The molecule has 21 heavy (non-hydrogen) atoms. The van der Waals surface area contributed by atoms with Gasteiger partial charge in [-0.3, -0.25) is 9.59 Å². The zero-order valence-electron chi connectivity index (χ0n) is 13.1. The largest absolute Gasteiger partial charge is 0.347 e. The maximum Gasteiger partial charge on any atom is 0.254 e. The van der Waals surface area contributed by atoms with Gasteiger partial charge in [-0.2, -0.15) is 0 Å². The summed E-state index contributed by atoms with van der Waals surface area (Å²) in [5.74, 6) is -0.0984. The molecule has 2 amide bonds. The van der Waals surface area contributed by atoms with E-state index in [0.717, 1.165) is 11.1 Å². The Morgan fingerprint density at radius 1 is 1.29 bits per heavy atom. The lowest BCUT2D eigenvalue weighted by atomic mass is 10.0. The number of carbonyl (C=O) groups excluding carboxylic acids is 2. The first-order valence-electron chi connectivity index (χ1n) is 7.22. The molecule has 5 nitrogen and oxygen atoms in total. The van der Waals surface area contributed by atoms with Crippen LogP contribution in [-0.2, 0) is 4.79 Å². The Morgan fingerprint density at radius 3 is 2.67 bits per heavy atom. The average Bonchev–Trinajstić information content (AvgIpc) is 2.48. The number of benzene rings is 1. The molecule has 1 heterocycles. The molecule has 0 spiro atoms. The van der Waals surface area contributed by atoms with Crippen molar-refractivity contribution in [3.8, 4) is 0 Å². The van der Waals surface area contributed by atoms with E-state index in [1.54, 1.807) is 23.9 Å². The first-order chi connectivity index (χ1) is 9.93. The maximum absolute atomic E-state index is 12.8. The molecule has 1 N–H and O–H groups in total. The molecule has 1 aliphatic rings. The van der Waals surface area contributed by atoms with Crippen LogP contribution in [0.5, 0.6) is 0 Å². The summed E-state index contributed by atoms with van der Waals surface area (Å²) in [6.45, 7) is 5.72. The number of carbonyl (C=O) groups is 2. The third kappa shape index (κ3) is 3.08. The zero-order chi connectivity index (χ0) is 15.6. The summed E-state index contributed by atoms with van der Waals surface area (Å²) in [6.07, 6.45) is 0. The number of amides is 2. The van der Waals surface area contributed by atoms with Crippen molar-refractivity contribution in [2.75, 3.05) is 33.7 Å². The summed E-state index contributed by atoms with van der Waals surface area (Å²) >= 11 is 0. The van der Waals surface area contributed by atoms with Gasteiger partial charge in [-0.1, -0.05) is 12.1 Å². The van der Waals surface area contributed by atoms with Crippen molar-refractivity contribution in [1.29, 1.82) is 0 Å². The quantitative estimate of drug-likeness (QED) is 0.876. The minimum absolute atomic E-state index is 0.0409. The molecule has 1 unspecified atom stereocenters. The number of nitrogens with one attached hydrogen (secondary N) is 1. The first kappa shape index (κ1) is 15.5. The van der Waals surface area contributed by atoms with E-state index < -0.39 is 6.04 Å². The van der Waals surface area contributed by atoms with E-state index in [1.165, 1.54) is 0 Å². The highest BCUT2D eigenvalue weighted by atomic mass is 16.2. The molecular weight excluding hydrogens is 266 g/mol. The lowest BCUT2D eigenvalue weighted by Gasteiger charge is -2.36. The Morgan fingerprint density at radius 2 is 2.00 bits per heavy atom. The van der Waals surface area contributed by atoms with E-state index in [9.17, 15) is 9.59 Å². The van der Waals surface area contributed by atoms with E-state index in [2.05, 4.69) is 5.32 Å². The summed E-state index contributed by atoms with van der Waals surface area (Å²) < 4.78 is 0. The lowest BCUT2D eigenvalue weighted by Crippen LogP contribution is -2.59. The predicted molar refractivity (Wildman–Crippen MR) is 82.3 cm³/mol. The molecule has 1 fully saturated rings. The van der Waals surface area contributed by atoms with Crippen molar-refractivity contribution in [3.63, 3.8) is 0 Å². The van der Waals surface area contributed by atoms with Crippen molar-refractivity contribution >= 4 is 11.8 Å². The minimum atomic E-state index is -0.429. The fourth-order valence-corrected chi connectivity index (χ4v) is 2.60. The van der Waals surface area contributed by atoms with Crippen LogP contribution in [0.4, 0.5) is 0 Å². The van der Waals surface area contributed by atoms with Crippen LogP contribution in [0.15, 0.2) is 18.2 Å². The minimum Gasteiger partial charge on any atom is -0.347 e. The molecule has 0 bridgehead atoms. The predicted octanol–water partition coefficient (Wildman–Crippen LogP) is 0.806. The van der Waals surface area contributed by atoms with Gasteiger partial charge < -0.3 is 15.1 Å². The molecule has 1 aromatic rings. The molecule has 0 aromatic heterocycles. The summed E-state index contributed by atoms with van der Waals surface area (Å²) in [4.78, 5) is 28.4. The molecular formula is C16H23N3O2. The number of hydrogen-bond acceptors (Lipinski definition) is 3. The van der Waals surface area contributed by atoms with Crippen LogP contribution in [0.2, 0.25) is 0 Å². The number of rotatable bonds is 2. The third-order valence-corrected chi connectivity index (χ3v) is 4.07. The number of aryl methyl sites for hydroxylation is 1. The van der Waals surface area contributed by atoms with Crippen LogP contribution in [-0.4, -0.2) is 61.4 Å². The Labute approximate surface area is 125 Å². The normalized spacial score (nSPS) is 18.5. The number of nitrogens with zero attached hydrogens (tertiary/aromatic N) is 2. The summed E-state index contributed by atoms with van der Waals surface area (Å²) in [6, 6.07) is 5.29. The highest BCUT2D eigenvalue weighted by Gasteiger charge is 2.33. The van der Waals surface area contributed by atoms with E-state index >= 15 is 0 Å². The van der Waals surface area contributed by atoms with Gasteiger partial charge in [0.2, 0.25) is 5.91 Å². The molecule has 1 aromatic carbocycles. The monoisotopic (exact) mass is 289 g/mol. The zero-order valence-corrected chi connectivity index (χ0v) is 13.1. The van der Waals surface area contributed by atoms with Crippen LogP contribution in [0.25, 0.3) is 0 Å². The van der Waals surface area contributed by atoms with Gasteiger partial charge in [0.25, 0.3) is 5.91 Å². The van der Waals surface area contributed by atoms with Gasteiger partial charge in [0, 0.05) is 39.3 Å². The Bertz CT molecular complexity index is 554. The molecule has 5 heteroatoms. The number of likely N-dealkylation sites (N-methyl/N-ethyl adjacent to an activating group) is 1. The fraction of sp³-hybridized carbons (Fsp3) is 0.500. The van der Waals surface area contributed by atoms with Gasteiger partial charge in [0.1, 0.15) is 6.04 Å². The smallest absolute Gasteiger partial charge is 0.254 e. The van der Waals surface area contributed by atoms with E-state index in [0.29, 0.717) is 25.2 Å². The molecule has 0 radical (unpaired) electrons. The van der Waals surface area contributed by atoms with Crippen LogP contribution in [0.1, 0.15) is 21.5 Å². The van der Waals surface area contributed by atoms with Crippen LogP contribution < -0.4 is 5.32 Å². The Hall–Kier alpha value is -1.88. The fourth-order valence-electron chi connectivity index (χ4n) is 2.60. The number of piperazine rings is 1. The second kappa shape index (κ2) is 6.26. The second-order valence-electron chi connectivity index (χ2n) is 5.70. The SMILES string of the molecule is Cc1cccc(C(=O)N2CCNCC2C(=O)N(C)C)c1C. The first-order valence-corrected chi connectivity index (χ1v) is 7.22. The topological polar surface area (TPSA) is 52.7 Å². The number of hydrogen-bond donors (Lipinski definition) is 1. The van der Waals surface area contributed by atoms with Crippen molar-refractivity contribution in [3.05, 3.63) is 34.9 Å². The van der Waals surface area contributed by atoms with Crippen LogP contribution in [0, 0.1) is 13.8 Å². The molecule has 1 saturated heterocycles. The van der Waals surface area contributed by atoms with E-state index in [1.807, 2.05) is 32.0 Å². The van der Waals surface area contributed by atoms with Gasteiger partial charge in [-0.05, 0) is 31.0 Å². The summed E-state index contributed by atoms with van der Waals surface area (Å²) in [5.41, 5.74) is 2.76. The Kier molecular flexibility index (Phi) is 4.63. The van der Waals surface area contributed by atoms with Gasteiger partial charge in [-0.25, -0.2) is 0 Å². The van der Waals surface area contributed by atoms with Gasteiger partial charge in [0.05, 0.1) is 0 Å². The molecule has 114 valence electrons. The van der Waals surface area contributed by atoms with Gasteiger partial charge >= 0.3 is 0 Å². The van der Waals surface area contributed by atoms with Crippen LogP contribution >= 0.6 is 0 Å². The lowest BCUT2D eigenvalue weighted by molar-refractivity contribution is -0.134. The van der Waals surface area contributed by atoms with Crippen molar-refractivity contribution in [2.45, 2.75) is 19.9 Å². The van der Waals surface area contributed by atoms with Crippen molar-refractivity contribution in [1.82, 2.24) is 15.1 Å². The highest BCUT2D eigenvalue weighted by Crippen LogP contribution is 2.18. The van der Waals surface area contributed by atoms with E-state index in [-0.39, 0.29) is 11.8 Å². The third-order valence-electron chi connectivity index (χ3n) is 4.07. The molecule has 0 aliphatic carbocycles. The maximum atomic E-state index is 12.8. The van der Waals surface area contributed by atoms with Gasteiger partial charge in [-0.15, -0.1) is 0 Å². The second-order valence-corrected chi connectivity index (χ2v) is 5.70. The summed E-state index contributed by atoms with van der Waals surface area (Å²) in [5, 5.41) is 3.19. The van der Waals surface area contributed by atoms with Crippen LogP contribution in [0.3, 0.4) is 0 Å². The van der Waals surface area contributed by atoms with E-state index in [4.69, 9.17) is 0 Å². The highest BCUT2D eigenvalue weighted by molar-refractivity contribution is 5.99. The molecule has 1 atom stereocenters. The Balaban J connectivity index is 2.31. The van der Waals surface area contributed by atoms with Gasteiger partial charge in [0.15, 0.2) is 0 Å². The summed E-state index contributed by atoms with van der Waals surface area (Å²) in [7, 11) is 3.44. The molecule has 0 saturated carbocycles. The van der Waals surface area contributed by atoms with Crippen molar-refractivity contribution in [2.24, 2.45) is 0 Å². The molecule has 1 aliphatic heterocycles. The standard InChI is InChI=1S/C16H23N3O2/c1-11-6-5-7-13(12(11)2)15(20)19-9-8-17-10-14(19)16(21)18(3)4/h5-7,14,17H,8-10H2,1-4H3. The van der Waals surface area contributed by atoms with Crippen molar-refractivity contribution < 1.29 is 9.59 Å². The molecule has 2 rings (SSSR count).